The second-order valence-electron chi connectivity index (χ2n) is 4.33. The quantitative estimate of drug-likeness (QED) is 0.736. The molecule has 3 aromatic rings. The topological polar surface area (TPSA) is 57.4 Å². The number of nitrogen functional groups attached to an aromatic ring is 1. The Bertz CT molecular complexity index is 756. The van der Waals surface area contributed by atoms with Crippen LogP contribution in [0.1, 0.15) is 0 Å². The molecule has 0 spiro atoms. The predicted octanol–water partition coefficient (Wildman–Crippen LogP) is 3.62. The second-order valence-corrected chi connectivity index (χ2v) is 4.33. The van der Waals surface area contributed by atoms with E-state index < -0.39 is 0 Å². The van der Waals surface area contributed by atoms with E-state index in [1.165, 1.54) is 0 Å². The van der Waals surface area contributed by atoms with Gasteiger partial charge in [0.1, 0.15) is 17.0 Å². The van der Waals surface area contributed by atoms with Crippen molar-refractivity contribution < 1.29 is 9.47 Å². The van der Waals surface area contributed by atoms with Crippen molar-refractivity contribution in [3.05, 3.63) is 54.7 Å². The first-order chi connectivity index (χ1) is 9.78. The van der Waals surface area contributed by atoms with Crippen LogP contribution in [0.2, 0.25) is 0 Å². The zero-order chi connectivity index (χ0) is 13.9. The number of nitrogens with zero attached hydrogens (tertiary/aromatic N) is 1. The molecule has 0 amide bonds. The summed E-state index contributed by atoms with van der Waals surface area (Å²) in [6, 6.07) is 14.9. The summed E-state index contributed by atoms with van der Waals surface area (Å²) in [5.41, 5.74) is 7.38. The Balaban J connectivity index is 2.04. The van der Waals surface area contributed by atoms with Crippen LogP contribution in [0.25, 0.3) is 10.9 Å². The van der Waals surface area contributed by atoms with Crippen molar-refractivity contribution in [2.24, 2.45) is 0 Å². The molecule has 1 heterocycles. The molecule has 2 aromatic carbocycles. The molecule has 0 bridgehead atoms. The average molecular weight is 266 g/mol. The number of benzene rings is 2. The summed E-state index contributed by atoms with van der Waals surface area (Å²) in [5, 5.41) is 0.882. The van der Waals surface area contributed by atoms with E-state index in [2.05, 4.69) is 4.98 Å². The van der Waals surface area contributed by atoms with Crippen molar-refractivity contribution in [3.8, 4) is 17.2 Å². The van der Waals surface area contributed by atoms with Crippen molar-refractivity contribution in [1.29, 1.82) is 0 Å². The van der Waals surface area contributed by atoms with Crippen LogP contribution in [0.15, 0.2) is 54.7 Å². The summed E-state index contributed by atoms with van der Waals surface area (Å²) in [6.07, 6.45) is 1.72. The number of hydrogen-bond acceptors (Lipinski definition) is 4. The molecule has 0 fully saturated rings. The second kappa shape index (κ2) is 5.09. The van der Waals surface area contributed by atoms with Gasteiger partial charge in [0.25, 0.3) is 0 Å². The van der Waals surface area contributed by atoms with E-state index in [4.69, 9.17) is 15.2 Å². The summed E-state index contributed by atoms with van der Waals surface area (Å²) in [6.45, 7) is 0. The highest BCUT2D eigenvalue weighted by atomic mass is 16.5. The predicted molar refractivity (Wildman–Crippen MR) is 79.2 cm³/mol. The SMILES string of the molecule is COc1cccc(Oc2ccc(N)c3cccnc23)c1. The fourth-order valence-corrected chi connectivity index (χ4v) is 2.04. The number of anilines is 1. The number of nitrogens with two attached hydrogens (primary N) is 1. The number of ether oxygens (including phenoxy) is 2. The van der Waals surface area contributed by atoms with Gasteiger partial charge in [0.15, 0.2) is 5.75 Å². The smallest absolute Gasteiger partial charge is 0.153 e. The van der Waals surface area contributed by atoms with Gasteiger partial charge in [-0.25, -0.2) is 0 Å². The van der Waals surface area contributed by atoms with Crippen LogP contribution >= 0.6 is 0 Å². The van der Waals surface area contributed by atoms with Crippen LogP contribution in [-0.4, -0.2) is 12.1 Å². The number of methoxy groups -OCH3 is 1. The highest BCUT2D eigenvalue weighted by molar-refractivity contribution is 5.94. The Hall–Kier alpha value is -2.75. The van der Waals surface area contributed by atoms with Gasteiger partial charge < -0.3 is 15.2 Å². The Morgan fingerprint density at radius 1 is 1.00 bits per heavy atom. The van der Waals surface area contributed by atoms with Crippen LogP contribution in [0.3, 0.4) is 0 Å². The molecule has 0 atom stereocenters. The zero-order valence-corrected chi connectivity index (χ0v) is 11.0. The van der Waals surface area contributed by atoms with Crippen molar-refractivity contribution in [2.45, 2.75) is 0 Å². The molecular formula is C16H14N2O2. The minimum absolute atomic E-state index is 0.669. The monoisotopic (exact) mass is 266 g/mol. The highest BCUT2D eigenvalue weighted by Crippen LogP contribution is 2.32. The normalized spacial score (nSPS) is 10.4. The van der Waals surface area contributed by atoms with Crippen LogP contribution in [-0.2, 0) is 0 Å². The number of pyridine rings is 1. The maximum Gasteiger partial charge on any atom is 0.153 e. The molecule has 0 aliphatic heterocycles. The number of hydrogen-bond donors (Lipinski definition) is 1. The summed E-state index contributed by atoms with van der Waals surface area (Å²) < 4.78 is 11.1. The van der Waals surface area contributed by atoms with Crippen LogP contribution in [0.4, 0.5) is 5.69 Å². The molecule has 3 rings (SSSR count). The first-order valence-corrected chi connectivity index (χ1v) is 6.23. The Kier molecular flexibility index (Phi) is 3.13. The first kappa shape index (κ1) is 12.3. The molecule has 4 heteroatoms. The van der Waals surface area contributed by atoms with Crippen LogP contribution in [0.5, 0.6) is 17.2 Å². The summed E-state index contributed by atoms with van der Waals surface area (Å²) in [7, 11) is 1.62. The number of rotatable bonds is 3. The lowest BCUT2D eigenvalue weighted by Gasteiger charge is -2.10. The van der Waals surface area contributed by atoms with Gasteiger partial charge in [-0.05, 0) is 36.4 Å². The highest BCUT2D eigenvalue weighted by Gasteiger charge is 2.07. The van der Waals surface area contributed by atoms with E-state index in [0.717, 1.165) is 16.7 Å². The lowest BCUT2D eigenvalue weighted by Crippen LogP contribution is -1.92. The Morgan fingerprint density at radius 3 is 2.70 bits per heavy atom. The number of aromatic nitrogens is 1. The Morgan fingerprint density at radius 2 is 1.85 bits per heavy atom. The summed E-state index contributed by atoms with van der Waals surface area (Å²) in [5.74, 6) is 2.11. The van der Waals surface area contributed by atoms with Gasteiger partial charge >= 0.3 is 0 Å². The zero-order valence-electron chi connectivity index (χ0n) is 11.0. The van der Waals surface area contributed by atoms with Crippen molar-refractivity contribution >= 4 is 16.6 Å². The van der Waals surface area contributed by atoms with Gasteiger partial charge in [-0.15, -0.1) is 0 Å². The van der Waals surface area contributed by atoms with E-state index in [1.807, 2.05) is 48.5 Å². The van der Waals surface area contributed by atoms with E-state index in [9.17, 15) is 0 Å². The van der Waals surface area contributed by atoms with Gasteiger partial charge in [0.05, 0.1) is 7.11 Å². The molecular weight excluding hydrogens is 252 g/mol. The lowest BCUT2D eigenvalue weighted by atomic mass is 10.1. The number of fused-ring (bicyclic) bond motifs is 1. The van der Waals surface area contributed by atoms with E-state index >= 15 is 0 Å². The van der Waals surface area contributed by atoms with Gasteiger partial charge in [-0.3, -0.25) is 4.98 Å². The minimum Gasteiger partial charge on any atom is -0.497 e. The largest absolute Gasteiger partial charge is 0.497 e. The van der Waals surface area contributed by atoms with Gasteiger partial charge in [0.2, 0.25) is 0 Å². The first-order valence-electron chi connectivity index (χ1n) is 6.23. The van der Waals surface area contributed by atoms with Crippen LogP contribution in [0, 0.1) is 0 Å². The Labute approximate surface area is 116 Å². The average Bonchev–Trinajstić information content (AvgIpc) is 2.51. The molecule has 0 saturated heterocycles. The third kappa shape index (κ3) is 2.23. The van der Waals surface area contributed by atoms with Gasteiger partial charge in [-0.2, -0.15) is 0 Å². The maximum absolute atomic E-state index is 5.95. The van der Waals surface area contributed by atoms with Crippen LogP contribution < -0.4 is 15.2 Å². The third-order valence-electron chi connectivity index (χ3n) is 3.04. The lowest BCUT2D eigenvalue weighted by molar-refractivity contribution is 0.409. The maximum atomic E-state index is 5.95. The fraction of sp³-hybridized carbons (Fsp3) is 0.0625. The third-order valence-corrected chi connectivity index (χ3v) is 3.04. The minimum atomic E-state index is 0.669. The van der Waals surface area contributed by atoms with Gasteiger partial charge in [0, 0.05) is 23.3 Å². The molecule has 0 radical (unpaired) electrons. The van der Waals surface area contributed by atoms with Crippen molar-refractivity contribution in [3.63, 3.8) is 0 Å². The van der Waals surface area contributed by atoms with Crippen molar-refractivity contribution in [1.82, 2.24) is 4.98 Å². The molecule has 20 heavy (non-hydrogen) atoms. The molecule has 4 nitrogen and oxygen atoms in total. The molecule has 0 saturated carbocycles. The molecule has 2 N–H and O–H groups in total. The van der Waals surface area contributed by atoms with Gasteiger partial charge in [-0.1, -0.05) is 6.07 Å². The molecule has 0 unspecified atom stereocenters. The van der Waals surface area contributed by atoms with E-state index in [0.29, 0.717) is 17.2 Å². The molecule has 0 aliphatic carbocycles. The fourth-order valence-electron chi connectivity index (χ4n) is 2.04. The van der Waals surface area contributed by atoms with E-state index in [-0.39, 0.29) is 0 Å². The molecule has 1 aromatic heterocycles. The summed E-state index contributed by atoms with van der Waals surface area (Å²) in [4.78, 5) is 4.34. The van der Waals surface area contributed by atoms with E-state index in [1.54, 1.807) is 13.3 Å². The molecule has 100 valence electrons. The van der Waals surface area contributed by atoms with Crippen molar-refractivity contribution in [2.75, 3.05) is 12.8 Å². The summed E-state index contributed by atoms with van der Waals surface area (Å²) >= 11 is 0. The standard InChI is InChI=1S/C16H14N2O2/c1-19-11-4-2-5-12(10-11)20-15-8-7-14(17)13-6-3-9-18-16(13)15/h2-10H,17H2,1H3. The molecule has 0 aliphatic rings.